The molecule has 0 bridgehead atoms. The maximum absolute atomic E-state index is 12.4. The van der Waals surface area contributed by atoms with Gasteiger partial charge in [0.1, 0.15) is 5.69 Å². The van der Waals surface area contributed by atoms with Crippen LogP contribution >= 0.6 is 23.2 Å². The molecular weight excluding hydrogens is 373 g/mol. The lowest BCUT2D eigenvalue weighted by Crippen LogP contribution is -2.10. The molecule has 1 N–H and O–H groups in total. The number of esters is 1. The third kappa shape index (κ3) is 3.52. The van der Waals surface area contributed by atoms with Gasteiger partial charge >= 0.3 is 5.97 Å². The molecule has 0 saturated carbocycles. The molecule has 0 saturated heterocycles. The van der Waals surface area contributed by atoms with E-state index in [1.165, 1.54) is 0 Å². The largest absolute Gasteiger partial charge is 0.461 e. The SMILES string of the molecule is CCOC(=O)c1[nH]c2cc(Cl)cc(Cl)c2c1CC(C#N)c1ccncc1. The number of carbonyl (C=O) groups is 1. The first-order chi connectivity index (χ1) is 12.5. The molecule has 3 aromatic rings. The van der Waals surface area contributed by atoms with Crippen molar-refractivity contribution in [3.05, 3.63) is 63.5 Å². The predicted octanol–water partition coefficient (Wildman–Crippen LogP) is 4.90. The third-order valence-corrected chi connectivity index (χ3v) is 4.59. The number of nitriles is 1. The van der Waals surface area contributed by atoms with Crippen molar-refractivity contribution in [1.29, 1.82) is 5.26 Å². The zero-order valence-electron chi connectivity index (χ0n) is 13.9. The monoisotopic (exact) mass is 387 g/mol. The molecule has 0 fully saturated rings. The highest BCUT2D eigenvalue weighted by Gasteiger charge is 2.24. The number of aromatic amines is 1. The molecule has 3 rings (SSSR count). The Kier molecular flexibility index (Phi) is 5.46. The number of aromatic nitrogens is 2. The van der Waals surface area contributed by atoms with Crippen molar-refractivity contribution in [3.8, 4) is 6.07 Å². The van der Waals surface area contributed by atoms with E-state index in [1.807, 2.05) is 0 Å². The van der Waals surface area contributed by atoms with Crippen molar-refractivity contribution in [1.82, 2.24) is 9.97 Å². The lowest BCUT2D eigenvalue weighted by Gasteiger charge is -2.11. The van der Waals surface area contributed by atoms with Crippen molar-refractivity contribution in [2.24, 2.45) is 0 Å². The van der Waals surface area contributed by atoms with E-state index in [4.69, 9.17) is 27.9 Å². The van der Waals surface area contributed by atoms with E-state index in [0.717, 1.165) is 5.56 Å². The molecule has 1 aromatic carbocycles. The van der Waals surface area contributed by atoms with Crippen LogP contribution in [-0.4, -0.2) is 22.5 Å². The number of benzene rings is 1. The van der Waals surface area contributed by atoms with Crippen LogP contribution in [0.15, 0.2) is 36.7 Å². The van der Waals surface area contributed by atoms with Crippen LogP contribution < -0.4 is 0 Å². The Morgan fingerprint density at radius 1 is 1.35 bits per heavy atom. The fourth-order valence-corrected chi connectivity index (χ4v) is 3.54. The Morgan fingerprint density at radius 3 is 2.73 bits per heavy atom. The number of hydrogen-bond acceptors (Lipinski definition) is 4. The molecule has 0 aliphatic carbocycles. The molecule has 26 heavy (non-hydrogen) atoms. The molecule has 0 spiro atoms. The highest BCUT2D eigenvalue weighted by Crippen LogP contribution is 2.35. The highest BCUT2D eigenvalue weighted by atomic mass is 35.5. The molecule has 0 aliphatic heterocycles. The van der Waals surface area contributed by atoms with Gasteiger partial charge in [-0.1, -0.05) is 23.2 Å². The number of nitrogens with zero attached hydrogens (tertiary/aromatic N) is 2. The van der Waals surface area contributed by atoms with Gasteiger partial charge < -0.3 is 9.72 Å². The fraction of sp³-hybridized carbons (Fsp3) is 0.211. The molecular formula is C19H15Cl2N3O2. The second-order valence-electron chi connectivity index (χ2n) is 5.68. The van der Waals surface area contributed by atoms with Crippen molar-refractivity contribution in [3.63, 3.8) is 0 Å². The average molecular weight is 388 g/mol. The summed E-state index contributed by atoms with van der Waals surface area (Å²) in [6, 6.07) is 9.17. The summed E-state index contributed by atoms with van der Waals surface area (Å²) in [7, 11) is 0. The molecule has 0 radical (unpaired) electrons. The molecule has 132 valence electrons. The van der Waals surface area contributed by atoms with Crippen LogP contribution in [0.3, 0.4) is 0 Å². The first kappa shape index (κ1) is 18.2. The quantitative estimate of drug-likeness (QED) is 0.631. The molecule has 7 heteroatoms. The zero-order valence-corrected chi connectivity index (χ0v) is 15.4. The van der Waals surface area contributed by atoms with Crippen molar-refractivity contribution >= 4 is 40.1 Å². The molecule has 1 atom stereocenters. The molecule has 2 aromatic heterocycles. The van der Waals surface area contributed by atoms with Crippen molar-refractivity contribution in [2.45, 2.75) is 19.3 Å². The van der Waals surface area contributed by atoms with E-state index in [1.54, 1.807) is 43.6 Å². The Balaban J connectivity index is 2.14. The Hall–Kier alpha value is -2.55. The smallest absolute Gasteiger partial charge is 0.355 e. The van der Waals surface area contributed by atoms with Crippen LogP contribution in [-0.2, 0) is 11.2 Å². The number of fused-ring (bicyclic) bond motifs is 1. The summed E-state index contributed by atoms with van der Waals surface area (Å²) in [5, 5.41) is 11.2. The zero-order chi connectivity index (χ0) is 18.7. The van der Waals surface area contributed by atoms with Crippen molar-refractivity contribution in [2.75, 3.05) is 6.61 Å². The van der Waals surface area contributed by atoms with E-state index in [-0.39, 0.29) is 6.61 Å². The second-order valence-corrected chi connectivity index (χ2v) is 6.52. The van der Waals surface area contributed by atoms with Crippen LogP contribution in [0, 0.1) is 11.3 Å². The van der Waals surface area contributed by atoms with Gasteiger partial charge in [0.2, 0.25) is 0 Å². The maximum atomic E-state index is 12.4. The second kappa shape index (κ2) is 7.77. The molecule has 5 nitrogen and oxygen atoms in total. The summed E-state index contributed by atoms with van der Waals surface area (Å²) < 4.78 is 5.15. The Labute approximate surface area is 160 Å². The Morgan fingerprint density at radius 2 is 2.08 bits per heavy atom. The van der Waals surface area contributed by atoms with E-state index in [9.17, 15) is 10.1 Å². The number of halogens is 2. The fourth-order valence-electron chi connectivity index (χ4n) is 2.93. The topological polar surface area (TPSA) is 78.8 Å². The molecule has 2 heterocycles. The van der Waals surface area contributed by atoms with Gasteiger partial charge in [0.15, 0.2) is 0 Å². The van der Waals surface area contributed by atoms with Crippen LogP contribution in [0.1, 0.15) is 34.5 Å². The minimum absolute atomic E-state index is 0.244. The van der Waals surface area contributed by atoms with Gasteiger partial charge in [-0.25, -0.2) is 4.79 Å². The van der Waals surface area contributed by atoms with E-state index < -0.39 is 11.9 Å². The summed E-state index contributed by atoms with van der Waals surface area (Å²) in [6.07, 6.45) is 3.57. The highest BCUT2D eigenvalue weighted by molar-refractivity contribution is 6.39. The van der Waals surface area contributed by atoms with Gasteiger partial charge in [-0.2, -0.15) is 5.26 Å². The van der Waals surface area contributed by atoms with E-state index >= 15 is 0 Å². The number of ether oxygens (including phenoxy) is 1. The third-order valence-electron chi connectivity index (χ3n) is 4.07. The van der Waals surface area contributed by atoms with Crippen LogP contribution in [0.25, 0.3) is 10.9 Å². The number of hydrogen-bond donors (Lipinski definition) is 1. The lowest BCUT2D eigenvalue weighted by molar-refractivity contribution is 0.0519. The average Bonchev–Trinajstić information content (AvgIpc) is 2.99. The molecule has 0 amide bonds. The van der Waals surface area contributed by atoms with E-state index in [2.05, 4.69) is 16.0 Å². The minimum Gasteiger partial charge on any atom is -0.461 e. The van der Waals surface area contributed by atoms with Gasteiger partial charge in [-0.3, -0.25) is 4.98 Å². The number of H-pyrrole nitrogens is 1. The summed E-state index contributed by atoms with van der Waals surface area (Å²) in [5.41, 5.74) is 2.38. The predicted molar refractivity (Wildman–Crippen MR) is 101 cm³/mol. The van der Waals surface area contributed by atoms with Gasteiger partial charge in [0.05, 0.1) is 23.6 Å². The summed E-state index contributed by atoms with van der Waals surface area (Å²) in [4.78, 5) is 19.4. The standard InChI is InChI=1S/C19H15Cl2N3O2/c1-2-26-19(25)18-14(7-12(10-22)11-3-5-23-6-4-11)17-15(21)8-13(20)9-16(17)24-18/h3-6,8-9,12,24H,2,7H2,1H3. The minimum atomic E-state index is -0.489. The first-order valence-electron chi connectivity index (χ1n) is 8.01. The van der Waals surface area contributed by atoms with Gasteiger partial charge in [-0.15, -0.1) is 0 Å². The number of pyridine rings is 1. The normalized spacial score (nSPS) is 11.9. The number of nitrogens with one attached hydrogen (secondary N) is 1. The maximum Gasteiger partial charge on any atom is 0.355 e. The van der Waals surface area contributed by atoms with Gasteiger partial charge in [-0.05, 0) is 48.7 Å². The van der Waals surface area contributed by atoms with Crippen LogP contribution in [0.5, 0.6) is 0 Å². The number of carbonyl (C=O) groups excluding carboxylic acids is 1. The molecule has 0 aliphatic rings. The molecule has 1 unspecified atom stereocenters. The summed E-state index contributed by atoms with van der Waals surface area (Å²) in [6.45, 7) is 1.98. The summed E-state index contributed by atoms with van der Waals surface area (Å²) >= 11 is 12.5. The van der Waals surface area contributed by atoms with Gasteiger partial charge in [0, 0.05) is 28.3 Å². The summed E-state index contributed by atoms with van der Waals surface area (Å²) in [5.74, 6) is -0.950. The van der Waals surface area contributed by atoms with E-state index in [0.29, 0.717) is 38.6 Å². The lowest BCUT2D eigenvalue weighted by atomic mass is 9.92. The van der Waals surface area contributed by atoms with Crippen LogP contribution in [0.2, 0.25) is 10.0 Å². The first-order valence-corrected chi connectivity index (χ1v) is 8.77. The van der Waals surface area contributed by atoms with Crippen LogP contribution in [0.4, 0.5) is 0 Å². The van der Waals surface area contributed by atoms with Crippen molar-refractivity contribution < 1.29 is 9.53 Å². The van der Waals surface area contributed by atoms with Gasteiger partial charge in [0.25, 0.3) is 0 Å². The Bertz CT molecular complexity index is 993. The number of rotatable bonds is 5.